The quantitative estimate of drug-likeness (QED) is 0.581. The van der Waals surface area contributed by atoms with Crippen molar-refractivity contribution < 1.29 is 21.6 Å². The first-order valence-corrected chi connectivity index (χ1v) is 14.0. The summed E-state index contributed by atoms with van der Waals surface area (Å²) in [5.41, 5.74) is 0.182. The van der Waals surface area contributed by atoms with Crippen molar-refractivity contribution in [1.29, 1.82) is 0 Å². The zero-order chi connectivity index (χ0) is 23.6. The lowest BCUT2D eigenvalue weighted by molar-refractivity contribution is 0.0915. The molecule has 1 aliphatic rings. The smallest absolute Gasteiger partial charge is 0.253 e. The number of sulfonamides is 1. The van der Waals surface area contributed by atoms with Crippen LogP contribution in [-0.4, -0.2) is 45.8 Å². The summed E-state index contributed by atoms with van der Waals surface area (Å²) in [7, 11) is -7.10. The molecule has 10 heteroatoms. The number of amides is 1. The predicted octanol–water partition coefficient (Wildman–Crippen LogP) is 2.95. The van der Waals surface area contributed by atoms with E-state index in [0.29, 0.717) is 6.42 Å². The fourth-order valence-electron chi connectivity index (χ4n) is 3.72. The number of aryl methyl sites for hydroxylation is 1. The van der Waals surface area contributed by atoms with Gasteiger partial charge in [-0.15, -0.1) is 0 Å². The van der Waals surface area contributed by atoms with Crippen LogP contribution in [0.15, 0.2) is 53.4 Å². The Labute approximate surface area is 194 Å². The van der Waals surface area contributed by atoms with Crippen LogP contribution in [0.1, 0.15) is 42.6 Å². The average Bonchev–Trinajstić information content (AvgIpc) is 2.99. The van der Waals surface area contributed by atoms with Gasteiger partial charge < -0.3 is 5.32 Å². The van der Waals surface area contributed by atoms with Gasteiger partial charge in [0.2, 0.25) is 10.0 Å². The van der Waals surface area contributed by atoms with Crippen molar-refractivity contribution in [3.8, 4) is 0 Å². The summed E-state index contributed by atoms with van der Waals surface area (Å²) in [5.74, 6) is -0.776. The van der Waals surface area contributed by atoms with Gasteiger partial charge >= 0.3 is 0 Å². The average molecular weight is 499 g/mol. The van der Waals surface area contributed by atoms with Crippen LogP contribution in [0.4, 0.5) is 0 Å². The van der Waals surface area contributed by atoms with E-state index in [4.69, 9.17) is 11.6 Å². The van der Waals surface area contributed by atoms with E-state index < -0.39 is 31.3 Å². The molecular formula is C22H27ClN2O5S2. The molecule has 1 aliphatic heterocycles. The largest absolute Gasteiger partial charge is 0.346 e. The van der Waals surface area contributed by atoms with Gasteiger partial charge in [0.25, 0.3) is 5.91 Å². The Morgan fingerprint density at radius 2 is 1.88 bits per heavy atom. The van der Waals surface area contributed by atoms with Gasteiger partial charge in [-0.3, -0.25) is 4.79 Å². The first-order valence-electron chi connectivity index (χ1n) is 10.3. The van der Waals surface area contributed by atoms with Gasteiger partial charge in [-0.2, -0.15) is 0 Å². The maximum atomic E-state index is 12.9. The highest BCUT2D eigenvalue weighted by molar-refractivity contribution is 7.91. The predicted molar refractivity (Wildman–Crippen MR) is 125 cm³/mol. The summed E-state index contributed by atoms with van der Waals surface area (Å²) in [4.78, 5) is 12.7. The molecule has 3 rings (SSSR count). The van der Waals surface area contributed by atoms with Gasteiger partial charge in [0.15, 0.2) is 9.84 Å². The van der Waals surface area contributed by atoms with Crippen LogP contribution in [0.25, 0.3) is 0 Å². The second-order valence-electron chi connectivity index (χ2n) is 8.55. The maximum Gasteiger partial charge on any atom is 0.253 e. The monoisotopic (exact) mass is 498 g/mol. The number of benzene rings is 2. The third kappa shape index (κ3) is 6.31. The molecule has 0 spiro atoms. The maximum absolute atomic E-state index is 12.9. The number of sulfone groups is 1. The molecule has 0 aliphatic carbocycles. The Bertz CT molecular complexity index is 1200. The number of halogens is 1. The molecule has 2 aromatic carbocycles. The number of hydrogen-bond donors (Lipinski definition) is 2. The zero-order valence-corrected chi connectivity index (χ0v) is 20.4. The minimum atomic E-state index is -3.88. The number of nitrogens with one attached hydrogen (secondary N) is 2. The van der Waals surface area contributed by atoms with E-state index in [2.05, 4.69) is 10.0 Å². The molecule has 0 bridgehead atoms. The van der Waals surface area contributed by atoms with Crippen molar-refractivity contribution in [1.82, 2.24) is 10.0 Å². The zero-order valence-electron chi connectivity index (χ0n) is 18.0. The Morgan fingerprint density at radius 1 is 1.19 bits per heavy atom. The highest BCUT2D eigenvalue weighted by atomic mass is 35.5. The van der Waals surface area contributed by atoms with Gasteiger partial charge in [0, 0.05) is 6.04 Å². The van der Waals surface area contributed by atoms with Gasteiger partial charge in [-0.05, 0) is 56.9 Å². The molecule has 2 atom stereocenters. The Kier molecular flexibility index (Phi) is 7.34. The highest BCUT2D eigenvalue weighted by Crippen LogP contribution is 2.26. The first kappa shape index (κ1) is 24.7. The number of hydrogen-bond acceptors (Lipinski definition) is 5. The molecule has 1 amide bonds. The summed E-state index contributed by atoms with van der Waals surface area (Å²) in [6, 6.07) is 13.4. The molecule has 0 saturated carbocycles. The van der Waals surface area contributed by atoms with Gasteiger partial charge in [-0.1, -0.05) is 41.9 Å². The third-order valence-electron chi connectivity index (χ3n) is 5.48. The second kappa shape index (κ2) is 9.51. The Morgan fingerprint density at radius 3 is 2.50 bits per heavy atom. The van der Waals surface area contributed by atoms with Crippen LogP contribution in [0.3, 0.4) is 0 Å². The molecule has 174 valence electrons. The van der Waals surface area contributed by atoms with E-state index in [0.717, 1.165) is 12.0 Å². The molecule has 0 radical (unpaired) electrons. The van der Waals surface area contributed by atoms with E-state index in [-0.39, 0.29) is 39.4 Å². The second-order valence-corrected chi connectivity index (χ2v) is 12.9. The van der Waals surface area contributed by atoms with E-state index in [1.165, 1.54) is 18.2 Å². The number of rotatable bonds is 8. The summed E-state index contributed by atoms with van der Waals surface area (Å²) in [6.45, 7) is 3.44. The van der Waals surface area contributed by atoms with Gasteiger partial charge in [0.1, 0.15) is 0 Å². The van der Waals surface area contributed by atoms with Crippen molar-refractivity contribution in [3.05, 3.63) is 64.7 Å². The lowest BCUT2D eigenvalue weighted by Gasteiger charge is -2.24. The summed E-state index contributed by atoms with van der Waals surface area (Å²) in [6.07, 6.45) is 1.62. The molecule has 1 heterocycles. The van der Waals surface area contributed by atoms with Crippen molar-refractivity contribution in [2.24, 2.45) is 0 Å². The van der Waals surface area contributed by atoms with E-state index >= 15 is 0 Å². The Balaban J connectivity index is 1.71. The van der Waals surface area contributed by atoms with E-state index in [1.54, 1.807) is 13.8 Å². The number of carbonyl (C=O) groups is 1. The lowest BCUT2D eigenvalue weighted by Crippen LogP contribution is -2.47. The molecule has 2 N–H and O–H groups in total. The van der Waals surface area contributed by atoms with Crippen LogP contribution < -0.4 is 10.0 Å². The Hall–Kier alpha value is -1.94. The molecule has 1 fully saturated rings. The van der Waals surface area contributed by atoms with Crippen LogP contribution >= 0.6 is 11.6 Å². The van der Waals surface area contributed by atoms with Crippen LogP contribution in [0.5, 0.6) is 0 Å². The normalized spacial score (nSPS) is 21.2. The van der Waals surface area contributed by atoms with Crippen molar-refractivity contribution in [3.63, 3.8) is 0 Å². The molecule has 2 unspecified atom stereocenters. The summed E-state index contributed by atoms with van der Waals surface area (Å²) in [5, 5.41) is 2.79. The van der Waals surface area contributed by atoms with E-state index in [1.807, 2.05) is 30.3 Å². The molecule has 2 aromatic rings. The first-order chi connectivity index (χ1) is 14.9. The molecule has 1 saturated heterocycles. The molecule has 7 nitrogen and oxygen atoms in total. The topological polar surface area (TPSA) is 109 Å². The van der Waals surface area contributed by atoms with Gasteiger partial charge in [-0.25, -0.2) is 21.6 Å². The third-order valence-corrected chi connectivity index (χ3v) is 9.30. The minimum Gasteiger partial charge on any atom is -0.346 e. The molecule has 32 heavy (non-hydrogen) atoms. The number of carbonyl (C=O) groups excluding carboxylic acids is 1. The molecular weight excluding hydrogens is 472 g/mol. The minimum absolute atomic E-state index is 0.00325. The van der Waals surface area contributed by atoms with Gasteiger partial charge in [0.05, 0.1) is 32.5 Å². The lowest BCUT2D eigenvalue weighted by atomic mass is 10.0. The van der Waals surface area contributed by atoms with Crippen molar-refractivity contribution in [2.75, 3.05) is 11.5 Å². The SMILES string of the molecule is CC(CCc1ccccc1)NS(=O)(=O)c1ccc(Cl)c(C(=O)NC2(C)CCS(=O)(=O)C2)c1. The summed E-state index contributed by atoms with van der Waals surface area (Å²) >= 11 is 6.16. The highest BCUT2D eigenvalue weighted by Gasteiger charge is 2.39. The standard InChI is InChI=1S/C22H27ClN2O5S2/c1-16(8-9-17-6-4-3-5-7-17)25-32(29,30)18-10-11-20(23)19(14-18)21(26)24-22(2)12-13-31(27,28)15-22/h3-7,10-11,14,16,25H,8-9,12-13,15H2,1-2H3,(H,24,26). The van der Waals surface area contributed by atoms with Crippen LogP contribution in [0.2, 0.25) is 5.02 Å². The fourth-order valence-corrected chi connectivity index (χ4v) is 7.32. The van der Waals surface area contributed by atoms with Crippen molar-refractivity contribution in [2.45, 2.75) is 49.6 Å². The fraction of sp³-hybridized carbons (Fsp3) is 0.409. The summed E-state index contributed by atoms with van der Waals surface area (Å²) < 4.78 is 52.0. The van der Waals surface area contributed by atoms with Crippen molar-refractivity contribution >= 4 is 37.4 Å². The molecule has 0 aromatic heterocycles. The van der Waals surface area contributed by atoms with E-state index in [9.17, 15) is 21.6 Å². The van der Waals surface area contributed by atoms with Crippen LogP contribution in [-0.2, 0) is 26.3 Å². The van der Waals surface area contributed by atoms with Crippen LogP contribution in [0, 0.1) is 0 Å².